The summed E-state index contributed by atoms with van der Waals surface area (Å²) >= 11 is 0. The fourth-order valence-electron chi connectivity index (χ4n) is 2.00. The second kappa shape index (κ2) is 2.69. The predicted octanol–water partition coefficient (Wildman–Crippen LogP) is 1.56. The molecule has 0 atom stereocenters. The van der Waals surface area contributed by atoms with Gasteiger partial charge in [-0.25, -0.2) is 4.98 Å². The SMILES string of the molecule is OCc1nc2cccc3c2n1CC=C3. The van der Waals surface area contributed by atoms with Crippen LogP contribution in [0.5, 0.6) is 0 Å². The van der Waals surface area contributed by atoms with Crippen LogP contribution in [0.15, 0.2) is 24.3 Å². The van der Waals surface area contributed by atoms with Gasteiger partial charge in [-0.15, -0.1) is 0 Å². The summed E-state index contributed by atoms with van der Waals surface area (Å²) in [5.41, 5.74) is 3.29. The Kier molecular flexibility index (Phi) is 1.49. The number of allylic oxidation sites excluding steroid dienone is 1. The van der Waals surface area contributed by atoms with Crippen molar-refractivity contribution in [3.8, 4) is 0 Å². The second-order valence-electron chi connectivity index (χ2n) is 3.41. The molecule has 1 N–H and O–H groups in total. The Morgan fingerprint density at radius 3 is 3.21 bits per heavy atom. The van der Waals surface area contributed by atoms with Gasteiger partial charge >= 0.3 is 0 Å². The van der Waals surface area contributed by atoms with E-state index in [1.165, 1.54) is 5.56 Å². The lowest BCUT2D eigenvalue weighted by Crippen LogP contribution is -2.05. The Morgan fingerprint density at radius 2 is 2.36 bits per heavy atom. The molecule has 1 aliphatic heterocycles. The number of aromatic nitrogens is 2. The summed E-state index contributed by atoms with van der Waals surface area (Å²) in [5, 5.41) is 9.16. The van der Waals surface area contributed by atoms with Crippen molar-refractivity contribution < 1.29 is 5.11 Å². The lowest BCUT2D eigenvalue weighted by molar-refractivity contribution is 0.267. The fraction of sp³-hybridized carbons (Fsp3) is 0.182. The zero-order chi connectivity index (χ0) is 9.54. The Labute approximate surface area is 81.3 Å². The first-order valence-electron chi connectivity index (χ1n) is 4.65. The molecule has 2 heterocycles. The molecule has 0 saturated carbocycles. The van der Waals surface area contributed by atoms with E-state index in [9.17, 15) is 0 Å². The van der Waals surface area contributed by atoms with Crippen LogP contribution in [0.1, 0.15) is 11.4 Å². The normalized spacial score (nSPS) is 13.8. The molecule has 1 aliphatic rings. The van der Waals surface area contributed by atoms with Gasteiger partial charge in [0.2, 0.25) is 0 Å². The van der Waals surface area contributed by atoms with Crippen molar-refractivity contribution in [2.75, 3.05) is 0 Å². The number of nitrogens with zero attached hydrogens (tertiary/aromatic N) is 2. The zero-order valence-corrected chi connectivity index (χ0v) is 7.64. The summed E-state index contributed by atoms with van der Waals surface area (Å²) in [7, 11) is 0. The van der Waals surface area contributed by atoms with E-state index in [1.807, 2.05) is 12.1 Å². The number of hydrogen-bond acceptors (Lipinski definition) is 2. The molecule has 3 heteroatoms. The van der Waals surface area contributed by atoms with Crippen LogP contribution in [-0.4, -0.2) is 14.7 Å². The van der Waals surface area contributed by atoms with Crippen LogP contribution in [0.4, 0.5) is 0 Å². The quantitative estimate of drug-likeness (QED) is 0.733. The molecule has 3 nitrogen and oxygen atoms in total. The van der Waals surface area contributed by atoms with Crippen molar-refractivity contribution in [3.05, 3.63) is 35.7 Å². The summed E-state index contributed by atoms with van der Waals surface area (Å²) in [6.07, 6.45) is 4.19. The van der Waals surface area contributed by atoms with E-state index < -0.39 is 0 Å². The number of hydrogen-bond donors (Lipinski definition) is 1. The van der Waals surface area contributed by atoms with Gasteiger partial charge in [0.25, 0.3) is 0 Å². The second-order valence-corrected chi connectivity index (χ2v) is 3.41. The monoisotopic (exact) mass is 186 g/mol. The Balaban J connectivity index is 2.46. The highest BCUT2D eigenvalue weighted by atomic mass is 16.3. The molecule has 1 aromatic carbocycles. The highest BCUT2D eigenvalue weighted by molar-refractivity contribution is 5.86. The lowest BCUT2D eigenvalue weighted by Gasteiger charge is -2.10. The first kappa shape index (κ1) is 7.76. The van der Waals surface area contributed by atoms with Gasteiger partial charge in [0.05, 0.1) is 11.0 Å². The minimum absolute atomic E-state index is 0.00194. The highest BCUT2D eigenvalue weighted by Gasteiger charge is 2.13. The van der Waals surface area contributed by atoms with Gasteiger partial charge in [0, 0.05) is 12.1 Å². The lowest BCUT2D eigenvalue weighted by atomic mass is 10.1. The van der Waals surface area contributed by atoms with Crippen molar-refractivity contribution in [2.24, 2.45) is 0 Å². The molecule has 0 spiro atoms. The third-order valence-electron chi connectivity index (χ3n) is 2.60. The number of rotatable bonds is 1. The van der Waals surface area contributed by atoms with E-state index in [1.54, 1.807) is 0 Å². The van der Waals surface area contributed by atoms with E-state index in [4.69, 9.17) is 5.11 Å². The molecule has 14 heavy (non-hydrogen) atoms. The molecule has 70 valence electrons. The summed E-state index contributed by atoms with van der Waals surface area (Å²) < 4.78 is 2.06. The molecular formula is C11H10N2O. The maximum absolute atomic E-state index is 9.16. The molecule has 0 unspecified atom stereocenters. The van der Waals surface area contributed by atoms with Gasteiger partial charge in [-0.1, -0.05) is 24.3 Å². The van der Waals surface area contributed by atoms with Gasteiger partial charge in [-0.2, -0.15) is 0 Å². The first-order valence-corrected chi connectivity index (χ1v) is 4.65. The minimum Gasteiger partial charge on any atom is -0.388 e. The maximum atomic E-state index is 9.16. The summed E-state index contributed by atoms with van der Waals surface area (Å²) in [6.45, 7) is 0.811. The molecule has 0 amide bonds. The van der Waals surface area contributed by atoms with Crippen LogP contribution < -0.4 is 0 Å². The molecule has 0 fully saturated rings. The molecule has 0 bridgehead atoms. The van der Waals surface area contributed by atoms with E-state index >= 15 is 0 Å². The fourth-order valence-corrected chi connectivity index (χ4v) is 2.00. The van der Waals surface area contributed by atoms with Crippen LogP contribution in [0.2, 0.25) is 0 Å². The smallest absolute Gasteiger partial charge is 0.136 e. The van der Waals surface area contributed by atoms with E-state index in [0.717, 1.165) is 23.4 Å². The highest BCUT2D eigenvalue weighted by Crippen LogP contribution is 2.24. The molecule has 0 aliphatic carbocycles. The average molecular weight is 186 g/mol. The number of para-hydroxylation sites is 1. The molecule has 0 saturated heterocycles. The third kappa shape index (κ3) is 0.873. The molecule has 2 aromatic rings. The summed E-state index contributed by atoms with van der Waals surface area (Å²) in [6, 6.07) is 6.04. The van der Waals surface area contributed by atoms with Gasteiger partial charge in [-0.3, -0.25) is 0 Å². The summed E-state index contributed by atoms with van der Waals surface area (Å²) in [5.74, 6) is 0.747. The van der Waals surface area contributed by atoms with Crippen molar-refractivity contribution >= 4 is 17.1 Å². The third-order valence-corrected chi connectivity index (χ3v) is 2.60. The predicted molar refractivity (Wildman–Crippen MR) is 54.7 cm³/mol. The van der Waals surface area contributed by atoms with Crippen molar-refractivity contribution in [1.29, 1.82) is 0 Å². The van der Waals surface area contributed by atoms with Crippen LogP contribution in [-0.2, 0) is 13.2 Å². The van der Waals surface area contributed by atoms with E-state index in [0.29, 0.717) is 0 Å². The van der Waals surface area contributed by atoms with Crippen LogP contribution in [0.3, 0.4) is 0 Å². The van der Waals surface area contributed by atoms with E-state index in [-0.39, 0.29) is 6.61 Å². The Hall–Kier alpha value is -1.61. The Morgan fingerprint density at radius 1 is 1.43 bits per heavy atom. The Bertz CT molecular complexity index is 525. The molecular weight excluding hydrogens is 176 g/mol. The topological polar surface area (TPSA) is 38.1 Å². The minimum atomic E-state index is 0.00194. The number of benzene rings is 1. The number of imidazole rings is 1. The van der Waals surface area contributed by atoms with Crippen molar-refractivity contribution in [2.45, 2.75) is 13.2 Å². The molecule has 3 rings (SSSR count). The van der Waals surface area contributed by atoms with E-state index in [2.05, 4.69) is 27.8 Å². The largest absolute Gasteiger partial charge is 0.388 e. The van der Waals surface area contributed by atoms with Crippen LogP contribution in [0.25, 0.3) is 17.1 Å². The van der Waals surface area contributed by atoms with Gasteiger partial charge in [0.1, 0.15) is 12.4 Å². The van der Waals surface area contributed by atoms with Gasteiger partial charge in [0.15, 0.2) is 0 Å². The number of aliphatic hydroxyl groups is 1. The molecule has 0 radical (unpaired) electrons. The van der Waals surface area contributed by atoms with Crippen molar-refractivity contribution in [1.82, 2.24) is 9.55 Å². The van der Waals surface area contributed by atoms with Crippen molar-refractivity contribution in [3.63, 3.8) is 0 Å². The standard InChI is InChI=1S/C11H10N2O/c14-7-10-12-9-5-1-3-8-4-2-6-13(10)11(8)9/h1-5,14H,6-7H2. The number of aliphatic hydroxyl groups excluding tert-OH is 1. The average Bonchev–Trinajstić information content (AvgIpc) is 2.60. The van der Waals surface area contributed by atoms with Gasteiger partial charge in [-0.05, 0) is 6.07 Å². The first-order chi connectivity index (χ1) is 6.90. The van der Waals surface area contributed by atoms with Crippen LogP contribution in [0, 0.1) is 0 Å². The van der Waals surface area contributed by atoms with Gasteiger partial charge < -0.3 is 9.67 Å². The van der Waals surface area contributed by atoms with Crippen LogP contribution >= 0.6 is 0 Å². The molecule has 1 aromatic heterocycles. The maximum Gasteiger partial charge on any atom is 0.136 e. The summed E-state index contributed by atoms with van der Waals surface area (Å²) in [4.78, 5) is 4.38. The zero-order valence-electron chi connectivity index (χ0n) is 7.64.